The highest BCUT2D eigenvalue weighted by Crippen LogP contribution is 2.37. The van der Waals surface area contributed by atoms with Crippen LogP contribution in [0.3, 0.4) is 0 Å². The molecule has 0 aliphatic carbocycles. The number of aliphatic hydroxyl groups is 1. The van der Waals surface area contributed by atoms with Crippen LogP contribution in [0.5, 0.6) is 17.2 Å². The van der Waals surface area contributed by atoms with Gasteiger partial charge in [0.15, 0.2) is 11.5 Å². The lowest BCUT2D eigenvalue weighted by atomic mass is 10.0. The first-order valence-electron chi connectivity index (χ1n) is 13.8. The number of phenolic OH excluding ortho intramolecular Hbond substituents is 1. The number of thioether (sulfide) groups is 1. The Hall–Kier alpha value is -3.51. The minimum Gasteiger partial charge on any atom is -0.502 e. The SMILES string of the molecule is COc1cc(/C=C/C(=O)N[C@@H](Cc2ccccc2)[C@H](O)CN(CC(C)C)S(=O)(=O)c2ccc(SC)cc2)cc(OC)c1O. The lowest BCUT2D eigenvalue weighted by Gasteiger charge is -2.30. The summed E-state index contributed by atoms with van der Waals surface area (Å²) in [7, 11) is -1.10. The Morgan fingerprint density at radius 2 is 1.60 bits per heavy atom. The topological polar surface area (TPSA) is 125 Å². The van der Waals surface area contributed by atoms with Crippen molar-refractivity contribution >= 4 is 33.8 Å². The van der Waals surface area contributed by atoms with Gasteiger partial charge in [0.25, 0.3) is 0 Å². The van der Waals surface area contributed by atoms with Crippen LogP contribution >= 0.6 is 11.8 Å². The van der Waals surface area contributed by atoms with E-state index < -0.39 is 28.1 Å². The number of methoxy groups -OCH3 is 2. The molecule has 3 aromatic rings. The molecule has 3 N–H and O–H groups in total. The number of carbonyl (C=O) groups is 1. The van der Waals surface area contributed by atoms with Gasteiger partial charge in [0.1, 0.15) is 0 Å². The molecule has 0 saturated heterocycles. The molecular weight excluding hydrogens is 588 g/mol. The summed E-state index contributed by atoms with van der Waals surface area (Å²) in [6.45, 7) is 3.80. The summed E-state index contributed by atoms with van der Waals surface area (Å²) in [5.74, 6) is -0.273. The van der Waals surface area contributed by atoms with Crippen LogP contribution in [0.1, 0.15) is 25.0 Å². The van der Waals surface area contributed by atoms with E-state index in [2.05, 4.69) is 5.32 Å². The number of carbonyl (C=O) groups excluding carboxylic acids is 1. The predicted molar refractivity (Wildman–Crippen MR) is 170 cm³/mol. The molecular formula is C32H40N2O7S2. The molecule has 43 heavy (non-hydrogen) atoms. The maximum Gasteiger partial charge on any atom is 0.244 e. The Morgan fingerprint density at radius 1 is 1.00 bits per heavy atom. The van der Waals surface area contributed by atoms with E-state index >= 15 is 0 Å². The van der Waals surface area contributed by atoms with Crippen molar-refractivity contribution in [1.82, 2.24) is 9.62 Å². The van der Waals surface area contributed by atoms with E-state index in [0.717, 1.165) is 10.5 Å². The Balaban J connectivity index is 1.86. The molecule has 0 spiro atoms. The van der Waals surface area contributed by atoms with Crippen molar-refractivity contribution < 1.29 is 32.9 Å². The van der Waals surface area contributed by atoms with Gasteiger partial charge in [-0.2, -0.15) is 4.31 Å². The predicted octanol–water partition coefficient (Wildman–Crippen LogP) is 4.58. The van der Waals surface area contributed by atoms with Gasteiger partial charge in [-0.1, -0.05) is 44.2 Å². The standard InChI is InChI=1S/C32H40N2O7S2/c1-22(2)20-34(43(38,39)26-14-12-25(42-5)13-15-26)21-28(35)27(17-23-9-7-6-8-10-23)33-31(36)16-11-24-18-29(40-3)32(37)30(19-24)41-4/h6-16,18-19,22,27-28,35,37H,17,20-21H2,1-5H3,(H,33,36)/b16-11+/t27-,28+/m0/s1. The number of amides is 1. The minimum atomic E-state index is -3.92. The number of rotatable bonds is 15. The monoisotopic (exact) mass is 628 g/mol. The molecule has 3 aromatic carbocycles. The van der Waals surface area contributed by atoms with Crippen LogP contribution in [-0.2, 0) is 21.2 Å². The summed E-state index contributed by atoms with van der Waals surface area (Å²) < 4.78 is 39.0. The highest BCUT2D eigenvalue weighted by atomic mass is 32.2. The van der Waals surface area contributed by atoms with Gasteiger partial charge in [0.05, 0.1) is 31.3 Å². The van der Waals surface area contributed by atoms with Gasteiger partial charge >= 0.3 is 0 Å². The molecule has 3 rings (SSSR count). The molecule has 232 valence electrons. The highest BCUT2D eigenvalue weighted by molar-refractivity contribution is 7.98. The summed E-state index contributed by atoms with van der Waals surface area (Å²) in [4.78, 5) is 14.2. The molecule has 0 fully saturated rings. The summed E-state index contributed by atoms with van der Waals surface area (Å²) in [5, 5.41) is 24.5. The second-order valence-electron chi connectivity index (χ2n) is 10.4. The van der Waals surface area contributed by atoms with Gasteiger partial charge in [-0.3, -0.25) is 4.79 Å². The third-order valence-corrected chi connectivity index (χ3v) is 9.27. The zero-order chi connectivity index (χ0) is 31.6. The van der Waals surface area contributed by atoms with Gasteiger partial charge in [-0.05, 0) is 72.2 Å². The number of hydrogen-bond donors (Lipinski definition) is 3. The van der Waals surface area contributed by atoms with Crippen LogP contribution in [0.4, 0.5) is 0 Å². The first-order chi connectivity index (χ1) is 20.5. The number of phenols is 1. The van der Waals surface area contributed by atoms with Crippen LogP contribution in [0.15, 0.2) is 82.6 Å². The molecule has 0 unspecified atom stereocenters. The van der Waals surface area contributed by atoms with Crippen molar-refractivity contribution in [3.05, 3.63) is 83.9 Å². The van der Waals surface area contributed by atoms with Crippen molar-refractivity contribution in [1.29, 1.82) is 0 Å². The zero-order valence-corrected chi connectivity index (χ0v) is 26.7. The van der Waals surface area contributed by atoms with E-state index in [4.69, 9.17) is 9.47 Å². The fourth-order valence-corrected chi connectivity index (χ4v) is 6.50. The van der Waals surface area contributed by atoms with E-state index in [1.165, 1.54) is 42.4 Å². The fraction of sp³-hybridized carbons (Fsp3) is 0.344. The van der Waals surface area contributed by atoms with E-state index in [9.17, 15) is 23.4 Å². The molecule has 0 aliphatic rings. The van der Waals surface area contributed by atoms with E-state index in [1.54, 1.807) is 36.4 Å². The van der Waals surface area contributed by atoms with Gasteiger partial charge < -0.3 is 25.0 Å². The first kappa shape index (κ1) is 34.0. The maximum absolute atomic E-state index is 13.7. The Labute approximate surface area is 258 Å². The lowest BCUT2D eigenvalue weighted by molar-refractivity contribution is -0.118. The van der Waals surface area contributed by atoms with Gasteiger partial charge in [-0.15, -0.1) is 11.8 Å². The zero-order valence-electron chi connectivity index (χ0n) is 25.1. The Kier molecular flexibility index (Phi) is 12.5. The second-order valence-corrected chi connectivity index (χ2v) is 13.2. The van der Waals surface area contributed by atoms with Crippen LogP contribution in [0.25, 0.3) is 6.08 Å². The molecule has 0 bridgehead atoms. The largest absolute Gasteiger partial charge is 0.502 e. The Bertz CT molecular complexity index is 1450. The molecule has 0 aliphatic heterocycles. The number of benzene rings is 3. The second kappa shape index (κ2) is 15.8. The van der Waals surface area contributed by atoms with Crippen LogP contribution in [0, 0.1) is 5.92 Å². The molecule has 1 amide bonds. The van der Waals surface area contributed by atoms with Crippen LogP contribution < -0.4 is 14.8 Å². The van der Waals surface area contributed by atoms with Crippen molar-refractivity contribution in [2.24, 2.45) is 5.92 Å². The average molecular weight is 629 g/mol. The van der Waals surface area contributed by atoms with Crippen molar-refractivity contribution in [2.75, 3.05) is 33.6 Å². The van der Waals surface area contributed by atoms with Crippen molar-refractivity contribution in [2.45, 2.75) is 42.2 Å². The molecule has 0 aromatic heterocycles. The smallest absolute Gasteiger partial charge is 0.244 e. The first-order valence-corrected chi connectivity index (χ1v) is 16.4. The Morgan fingerprint density at radius 3 is 2.14 bits per heavy atom. The minimum absolute atomic E-state index is 0.00293. The number of nitrogens with zero attached hydrogens (tertiary/aromatic N) is 1. The normalized spacial score (nSPS) is 13.3. The van der Waals surface area contributed by atoms with E-state index in [-0.39, 0.29) is 47.6 Å². The quantitative estimate of drug-likeness (QED) is 0.165. The number of nitrogens with one attached hydrogen (secondary N) is 1. The van der Waals surface area contributed by atoms with Crippen LogP contribution in [0.2, 0.25) is 0 Å². The van der Waals surface area contributed by atoms with Gasteiger partial charge in [-0.25, -0.2) is 8.42 Å². The van der Waals surface area contributed by atoms with Gasteiger partial charge in [0.2, 0.25) is 21.7 Å². The maximum atomic E-state index is 13.7. The lowest BCUT2D eigenvalue weighted by Crippen LogP contribution is -2.50. The number of aliphatic hydroxyl groups excluding tert-OH is 1. The summed E-state index contributed by atoms with van der Waals surface area (Å²) in [6.07, 6.45) is 3.80. The number of sulfonamides is 1. The summed E-state index contributed by atoms with van der Waals surface area (Å²) >= 11 is 1.52. The van der Waals surface area contributed by atoms with E-state index in [1.807, 2.05) is 50.4 Å². The summed E-state index contributed by atoms with van der Waals surface area (Å²) in [6, 6.07) is 18.3. The number of hydrogen-bond acceptors (Lipinski definition) is 8. The van der Waals surface area contributed by atoms with Crippen molar-refractivity contribution in [3.63, 3.8) is 0 Å². The highest BCUT2D eigenvalue weighted by Gasteiger charge is 2.31. The third kappa shape index (κ3) is 9.49. The molecule has 11 heteroatoms. The van der Waals surface area contributed by atoms with Crippen LogP contribution in [-0.4, -0.2) is 74.6 Å². The number of aromatic hydroxyl groups is 1. The molecule has 0 radical (unpaired) electrons. The number of ether oxygens (including phenoxy) is 2. The van der Waals surface area contributed by atoms with E-state index in [0.29, 0.717) is 5.56 Å². The van der Waals surface area contributed by atoms with Gasteiger partial charge in [0, 0.05) is 24.1 Å². The average Bonchev–Trinajstić information content (AvgIpc) is 3.00. The molecule has 0 saturated carbocycles. The summed E-state index contributed by atoms with van der Waals surface area (Å²) in [5.41, 5.74) is 1.42. The third-order valence-electron chi connectivity index (χ3n) is 6.68. The molecule has 2 atom stereocenters. The van der Waals surface area contributed by atoms with Crippen molar-refractivity contribution in [3.8, 4) is 17.2 Å². The fourth-order valence-electron chi connectivity index (χ4n) is 4.47. The molecule has 0 heterocycles. The molecule has 9 nitrogen and oxygen atoms in total.